The van der Waals surface area contributed by atoms with Crippen molar-refractivity contribution in [3.8, 4) is 11.4 Å². The molecule has 0 saturated carbocycles. The number of hydrogen-bond acceptors (Lipinski definition) is 1. The van der Waals surface area contributed by atoms with Crippen LogP contribution in [0.1, 0.15) is 11.3 Å². The van der Waals surface area contributed by atoms with Gasteiger partial charge in [0.25, 0.3) is 0 Å². The molecule has 4 aromatic rings. The minimum atomic E-state index is -5.70. The van der Waals surface area contributed by atoms with E-state index in [0.29, 0.717) is 16.8 Å². The lowest BCUT2D eigenvalue weighted by atomic mass is 10.2. The van der Waals surface area contributed by atoms with Crippen molar-refractivity contribution in [3.63, 3.8) is 0 Å². The molecular formula is C20H13ClF5N3. The fourth-order valence-electron chi connectivity index (χ4n) is 3.12. The van der Waals surface area contributed by atoms with E-state index in [1.54, 1.807) is 31.2 Å². The number of aryl methyl sites for hydroxylation is 1. The number of aromatic nitrogens is 3. The molecule has 0 spiro atoms. The first-order valence-electron chi connectivity index (χ1n) is 8.46. The molecule has 2 aromatic heterocycles. The quantitative estimate of drug-likeness (QED) is 0.347. The topological polar surface area (TPSA) is 22.8 Å². The van der Waals surface area contributed by atoms with Gasteiger partial charge in [0.15, 0.2) is 0 Å². The Morgan fingerprint density at radius 2 is 1.72 bits per heavy atom. The lowest BCUT2D eigenvalue weighted by molar-refractivity contribution is -0.291. The number of rotatable bonds is 3. The fraction of sp³-hybridized carbons (Fsp3) is 0.150. The second-order valence-electron chi connectivity index (χ2n) is 6.60. The number of benzene rings is 2. The fourth-order valence-corrected chi connectivity index (χ4v) is 3.35. The summed E-state index contributed by atoms with van der Waals surface area (Å²) in [6, 6.07) is 11.2. The van der Waals surface area contributed by atoms with E-state index >= 15 is 0 Å². The Morgan fingerprint density at radius 1 is 0.966 bits per heavy atom. The third-order valence-corrected chi connectivity index (χ3v) is 4.95. The van der Waals surface area contributed by atoms with E-state index in [1.165, 1.54) is 0 Å². The maximum absolute atomic E-state index is 13.5. The highest BCUT2D eigenvalue weighted by molar-refractivity contribution is 6.35. The van der Waals surface area contributed by atoms with Gasteiger partial charge in [-0.1, -0.05) is 23.7 Å². The molecule has 2 heterocycles. The highest BCUT2D eigenvalue weighted by Crippen LogP contribution is 2.43. The summed E-state index contributed by atoms with van der Waals surface area (Å²) in [5, 5.41) is 5.88. The van der Waals surface area contributed by atoms with Crippen molar-refractivity contribution in [1.82, 2.24) is 14.3 Å². The van der Waals surface area contributed by atoms with Crippen molar-refractivity contribution in [3.05, 3.63) is 77.3 Å². The van der Waals surface area contributed by atoms with Gasteiger partial charge in [0.2, 0.25) is 0 Å². The van der Waals surface area contributed by atoms with Crippen LogP contribution in [0.2, 0.25) is 5.02 Å². The van der Waals surface area contributed by atoms with Crippen LogP contribution in [0.3, 0.4) is 0 Å². The second kappa shape index (κ2) is 6.59. The Balaban J connectivity index is 1.70. The summed E-state index contributed by atoms with van der Waals surface area (Å²) in [4.78, 5) is 0. The zero-order chi connectivity index (χ0) is 21.0. The lowest BCUT2D eigenvalue weighted by Gasteiger charge is -2.17. The van der Waals surface area contributed by atoms with E-state index in [4.69, 9.17) is 11.6 Å². The third kappa shape index (κ3) is 3.27. The van der Waals surface area contributed by atoms with E-state index in [-0.39, 0.29) is 0 Å². The highest BCUT2D eigenvalue weighted by atomic mass is 35.5. The number of hydrogen-bond donors (Lipinski definition) is 0. The molecule has 2 aromatic carbocycles. The highest BCUT2D eigenvalue weighted by Gasteiger charge is 2.60. The zero-order valence-corrected chi connectivity index (χ0v) is 15.6. The molecule has 4 rings (SSSR count). The SMILES string of the molecule is Cc1cc(-n2ccc(C(F)(F)C(F)(F)F)n2)ccc1-n1cc2cccc(Cl)c2c1. The van der Waals surface area contributed by atoms with Gasteiger partial charge in [0.05, 0.1) is 5.69 Å². The van der Waals surface area contributed by atoms with Crippen LogP contribution in [-0.4, -0.2) is 20.5 Å². The van der Waals surface area contributed by atoms with Crippen LogP contribution >= 0.6 is 11.6 Å². The van der Waals surface area contributed by atoms with E-state index in [9.17, 15) is 22.0 Å². The molecule has 0 radical (unpaired) electrons. The Kier molecular flexibility index (Phi) is 4.42. The molecule has 0 amide bonds. The molecule has 150 valence electrons. The van der Waals surface area contributed by atoms with E-state index in [2.05, 4.69) is 5.10 Å². The van der Waals surface area contributed by atoms with Crippen LogP contribution in [0.4, 0.5) is 22.0 Å². The van der Waals surface area contributed by atoms with E-state index in [1.807, 2.05) is 29.1 Å². The molecule has 0 bridgehead atoms. The predicted molar refractivity (Wildman–Crippen MR) is 100 cm³/mol. The van der Waals surface area contributed by atoms with Crippen LogP contribution in [0, 0.1) is 6.92 Å². The van der Waals surface area contributed by atoms with Crippen molar-refractivity contribution in [1.29, 1.82) is 0 Å². The van der Waals surface area contributed by atoms with Gasteiger partial charge in [-0.15, -0.1) is 0 Å². The first-order chi connectivity index (χ1) is 13.6. The third-order valence-electron chi connectivity index (χ3n) is 4.62. The van der Waals surface area contributed by atoms with Gasteiger partial charge in [-0.3, -0.25) is 0 Å². The van der Waals surface area contributed by atoms with Crippen LogP contribution in [0.25, 0.3) is 22.1 Å². The van der Waals surface area contributed by atoms with Gasteiger partial charge < -0.3 is 4.57 Å². The zero-order valence-electron chi connectivity index (χ0n) is 14.9. The summed E-state index contributed by atoms with van der Waals surface area (Å²) < 4.78 is 67.4. The largest absolute Gasteiger partial charge is 0.459 e. The van der Waals surface area contributed by atoms with E-state index in [0.717, 1.165) is 32.9 Å². The van der Waals surface area contributed by atoms with Crippen LogP contribution in [0.5, 0.6) is 0 Å². The Labute approximate surface area is 166 Å². The number of halogens is 6. The summed E-state index contributed by atoms with van der Waals surface area (Å²) in [7, 11) is 0. The average molecular weight is 426 g/mol. The van der Waals surface area contributed by atoms with Crippen molar-refractivity contribution in [2.45, 2.75) is 19.0 Å². The lowest BCUT2D eigenvalue weighted by Crippen LogP contribution is -2.34. The monoisotopic (exact) mass is 425 g/mol. The smallest absolute Gasteiger partial charge is 0.322 e. The minimum Gasteiger partial charge on any atom is -0.322 e. The minimum absolute atomic E-state index is 0.366. The summed E-state index contributed by atoms with van der Waals surface area (Å²) in [6.45, 7) is 1.81. The first-order valence-corrected chi connectivity index (χ1v) is 8.84. The maximum atomic E-state index is 13.5. The normalized spacial score (nSPS) is 12.7. The number of alkyl halides is 5. The van der Waals surface area contributed by atoms with Crippen molar-refractivity contribution >= 4 is 22.4 Å². The molecule has 0 aliphatic heterocycles. The van der Waals surface area contributed by atoms with Gasteiger partial charge in [0, 0.05) is 40.1 Å². The number of nitrogens with zero attached hydrogens (tertiary/aromatic N) is 3. The maximum Gasteiger partial charge on any atom is 0.459 e. The molecule has 3 nitrogen and oxygen atoms in total. The Bertz CT molecular complexity index is 1210. The molecule has 9 heteroatoms. The number of fused-ring (bicyclic) bond motifs is 1. The van der Waals surface area contributed by atoms with Crippen molar-refractivity contribution in [2.24, 2.45) is 0 Å². The summed E-state index contributed by atoms with van der Waals surface area (Å²) in [5.41, 5.74) is 0.607. The molecule has 0 atom stereocenters. The first kappa shape index (κ1) is 19.4. The molecule has 0 aliphatic rings. The molecular weight excluding hydrogens is 413 g/mol. The average Bonchev–Trinajstić information content (AvgIpc) is 3.29. The second-order valence-corrected chi connectivity index (χ2v) is 7.00. The Hall–Kier alpha value is -2.87. The molecule has 0 aliphatic carbocycles. The van der Waals surface area contributed by atoms with Gasteiger partial charge in [-0.25, -0.2) is 4.68 Å². The standard InChI is InChI=1S/C20H13ClF5N3/c1-12-9-14(29-8-7-18(27-29)19(22,23)20(24,25)26)5-6-17(12)28-10-13-3-2-4-16(21)15(13)11-28/h2-11H,1H3. The van der Waals surface area contributed by atoms with Gasteiger partial charge >= 0.3 is 12.1 Å². The van der Waals surface area contributed by atoms with Crippen LogP contribution in [0.15, 0.2) is 61.1 Å². The molecule has 0 saturated heterocycles. The predicted octanol–water partition coefficient (Wildman–Crippen LogP) is 6.43. The molecule has 0 N–H and O–H groups in total. The molecule has 0 unspecified atom stereocenters. The molecule has 29 heavy (non-hydrogen) atoms. The van der Waals surface area contributed by atoms with Gasteiger partial charge in [0.1, 0.15) is 5.69 Å². The summed E-state index contributed by atoms with van der Waals surface area (Å²) in [6.07, 6.45) is -0.856. The molecule has 0 fully saturated rings. The Morgan fingerprint density at radius 3 is 2.38 bits per heavy atom. The van der Waals surface area contributed by atoms with Crippen LogP contribution < -0.4 is 0 Å². The van der Waals surface area contributed by atoms with E-state index < -0.39 is 17.8 Å². The van der Waals surface area contributed by atoms with Crippen molar-refractivity contribution < 1.29 is 22.0 Å². The summed E-state index contributed by atoms with van der Waals surface area (Å²) >= 11 is 6.21. The van der Waals surface area contributed by atoms with Crippen LogP contribution in [-0.2, 0) is 5.92 Å². The summed E-state index contributed by atoms with van der Waals surface area (Å²) in [5.74, 6) is -5.02. The van der Waals surface area contributed by atoms with Crippen molar-refractivity contribution in [2.75, 3.05) is 0 Å². The van der Waals surface area contributed by atoms with Gasteiger partial charge in [-0.2, -0.15) is 27.1 Å². The van der Waals surface area contributed by atoms with Gasteiger partial charge in [-0.05, 0) is 42.8 Å².